The molecule has 0 bridgehead atoms. The predicted molar refractivity (Wildman–Crippen MR) is 110 cm³/mol. The van der Waals surface area contributed by atoms with Crippen LogP contribution in [0, 0.1) is 0 Å². The highest BCUT2D eigenvalue weighted by Gasteiger charge is 2.12. The summed E-state index contributed by atoms with van der Waals surface area (Å²) in [6.45, 7) is 7.76. The molecule has 0 amide bonds. The van der Waals surface area contributed by atoms with E-state index >= 15 is 0 Å². The summed E-state index contributed by atoms with van der Waals surface area (Å²) in [7, 11) is 1.82. The monoisotopic (exact) mass is 361 g/mol. The van der Waals surface area contributed by atoms with Gasteiger partial charge >= 0.3 is 0 Å². The molecular weight excluding hydrogens is 338 g/mol. The average Bonchev–Trinajstić information content (AvgIpc) is 3.05. The van der Waals surface area contributed by atoms with Gasteiger partial charge in [-0.3, -0.25) is 14.3 Å². The highest BCUT2D eigenvalue weighted by molar-refractivity contribution is 5.89. The van der Waals surface area contributed by atoms with Crippen molar-refractivity contribution in [3.63, 3.8) is 0 Å². The van der Waals surface area contributed by atoms with Gasteiger partial charge in [-0.1, -0.05) is 43.0 Å². The molecule has 1 N–H and O–H groups in total. The summed E-state index contributed by atoms with van der Waals surface area (Å²) in [4.78, 5) is 22.1. The zero-order valence-corrected chi connectivity index (χ0v) is 15.8. The van der Waals surface area contributed by atoms with Crippen molar-refractivity contribution >= 4 is 29.7 Å². The Morgan fingerprint density at radius 1 is 1.26 bits per heavy atom. The van der Waals surface area contributed by atoms with Crippen molar-refractivity contribution in [2.75, 3.05) is 5.32 Å². The van der Waals surface area contributed by atoms with Crippen LogP contribution in [0.15, 0.2) is 66.8 Å². The zero-order chi connectivity index (χ0) is 19.8. The molecule has 5 heteroatoms. The Kier molecular flexibility index (Phi) is 6.83. The molecule has 0 aliphatic carbocycles. The molecule has 0 radical (unpaired) electrons. The molecule has 27 heavy (non-hydrogen) atoms. The summed E-state index contributed by atoms with van der Waals surface area (Å²) in [5.41, 5.74) is 4.64. The van der Waals surface area contributed by atoms with E-state index in [4.69, 9.17) is 0 Å². The van der Waals surface area contributed by atoms with Crippen molar-refractivity contribution < 1.29 is 9.59 Å². The predicted octanol–water partition coefficient (Wildman–Crippen LogP) is 4.42. The molecule has 5 nitrogen and oxygen atoms in total. The van der Waals surface area contributed by atoms with Crippen LogP contribution in [0.5, 0.6) is 0 Å². The van der Waals surface area contributed by atoms with Crippen LogP contribution < -0.4 is 5.32 Å². The van der Waals surface area contributed by atoms with Gasteiger partial charge in [-0.2, -0.15) is 5.10 Å². The second-order valence-corrected chi connectivity index (χ2v) is 5.92. The van der Waals surface area contributed by atoms with E-state index in [0.717, 1.165) is 28.7 Å². The first-order chi connectivity index (χ1) is 13.0. The molecule has 0 spiro atoms. The number of aromatic nitrogens is 2. The largest absolute Gasteiger partial charge is 0.340 e. The topological polar surface area (TPSA) is 64.0 Å². The molecular formula is C22H23N3O2. The van der Waals surface area contributed by atoms with Crippen molar-refractivity contribution in [1.29, 1.82) is 0 Å². The third-order valence-electron chi connectivity index (χ3n) is 4.05. The summed E-state index contributed by atoms with van der Waals surface area (Å²) < 4.78 is 1.71. The number of carbonyl (C=O) groups excluding carboxylic acids is 2. The molecule has 1 aromatic carbocycles. The van der Waals surface area contributed by atoms with E-state index in [1.807, 2.05) is 45.2 Å². The molecule has 0 atom stereocenters. The maximum Gasteiger partial charge on any atom is 0.150 e. The van der Waals surface area contributed by atoms with E-state index in [1.165, 1.54) is 6.08 Å². The minimum Gasteiger partial charge on any atom is -0.340 e. The lowest BCUT2D eigenvalue weighted by Gasteiger charge is -2.11. The zero-order valence-electron chi connectivity index (χ0n) is 15.8. The number of hydrogen-bond donors (Lipinski definition) is 1. The Morgan fingerprint density at radius 3 is 2.67 bits per heavy atom. The molecule has 0 saturated carbocycles. The van der Waals surface area contributed by atoms with Gasteiger partial charge in [0.2, 0.25) is 0 Å². The summed E-state index contributed by atoms with van der Waals surface area (Å²) in [6.07, 6.45) is 8.64. The highest BCUT2D eigenvalue weighted by Crippen LogP contribution is 2.25. The van der Waals surface area contributed by atoms with Gasteiger partial charge in [0.1, 0.15) is 18.4 Å². The van der Waals surface area contributed by atoms with E-state index in [2.05, 4.69) is 17.0 Å². The minimum absolute atomic E-state index is 0.539. The number of nitrogens with zero attached hydrogens (tertiary/aromatic N) is 2. The molecule has 138 valence electrons. The molecule has 0 fully saturated rings. The molecule has 2 rings (SSSR count). The van der Waals surface area contributed by atoms with Gasteiger partial charge in [0, 0.05) is 30.3 Å². The fourth-order valence-corrected chi connectivity index (χ4v) is 2.61. The number of benzene rings is 1. The van der Waals surface area contributed by atoms with Gasteiger partial charge in [-0.15, -0.1) is 0 Å². The lowest BCUT2D eigenvalue weighted by atomic mass is 10.1. The SMILES string of the molecule is C=C/C(C)=C(\C=C/C)c1cc(N/C(=C\C=O)c2cccc(C=O)c2)n(C)n1. The second-order valence-electron chi connectivity index (χ2n) is 5.92. The summed E-state index contributed by atoms with van der Waals surface area (Å²) >= 11 is 0. The van der Waals surface area contributed by atoms with Crippen LogP contribution in [0.4, 0.5) is 5.82 Å². The Bertz CT molecular complexity index is 946. The Labute approximate surface area is 159 Å². The van der Waals surface area contributed by atoms with Gasteiger partial charge in [-0.05, 0) is 31.1 Å². The summed E-state index contributed by atoms with van der Waals surface area (Å²) in [5.74, 6) is 0.716. The summed E-state index contributed by atoms with van der Waals surface area (Å²) in [6, 6.07) is 8.95. The van der Waals surface area contributed by atoms with Crippen molar-refractivity contribution in [1.82, 2.24) is 9.78 Å². The molecule has 0 aliphatic heterocycles. The van der Waals surface area contributed by atoms with E-state index in [9.17, 15) is 9.59 Å². The number of rotatable bonds is 8. The minimum atomic E-state index is 0.539. The molecule has 0 aliphatic rings. The van der Waals surface area contributed by atoms with Gasteiger partial charge in [0.05, 0.1) is 11.4 Å². The van der Waals surface area contributed by atoms with Gasteiger partial charge in [0.15, 0.2) is 0 Å². The quantitative estimate of drug-likeness (QED) is 0.429. The van der Waals surface area contributed by atoms with Gasteiger partial charge in [0.25, 0.3) is 0 Å². The van der Waals surface area contributed by atoms with Crippen LogP contribution in [0.3, 0.4) is 0 Å². The number of aldehydes is 2. The smallest absolute Gasteiger partial charge is 0.150 e. The highest BCUT2D eigenvalue weighted by atomic mass is 16.1. The molecule has 0 saturated heterocycles. The van der Waals surface area contributed by atoms with Crippen LogP contribution in [-0.4, -0.2) is 22.4 Å². The number of anilines is 1. The number of hydrogen-bond acceptors (Lipinski definition) is 4. The fourth-order valence-electron chi connectivity index (χ4n) is 2.61. The van der Waals surface area contributed by atoms with Crippen LogP contribution in [-0.2, 0) is 11.8 Å². The third kappa shape index (κ3) is 4.79. The standard InChI is InChI=1S/C22H23N3O2/c1-5-8-19(16(3)6-2)21-14-22(25(4)24-21)23-20(11-12-26)18-10-7-9-17(13-18)15-27/h5-15,23H,2H2,1,3-4H3/b8-5-,19-16+,20-11-. The lowest BCUT2D eigenvalue weighted by Crippen LogP contribution is -2.04. The number of allylic oxidation sites excluding steroid dienone is 6. The van der Waals surface area contributed by atoms with Crippen molar-refractivity contribution in [3.05, 3.63) is 83.6 Å². The molecule has 2 aromatic rings. The molecule has 1 heterocycles. The van der Waals surface area contributed by atoms with E-state index in [1.54, 1.807) is 29.0 Å². The first-order valence-corrected chi connectivity index (χ1v) is 8.52. The summed E-state index contributed by atoms with van der Waals surface area (Å²) in [5, 5.41) is 7.80. The van der Waals surface area contributed by atoms with Crippen LogP contribution in [0.1, 0.15) is 35.5 Å². The van der Waals surface area contributed by atoms with Crippen molar-refractivity contribution in [2.24, 2.45) is 7.05 Å². The van der Waals surface area contributed by atoms with Crippen molar-refractivity contribution in [2.45, 2.75) is 13.8 Å². The maximum absolute atomic E-state index is 11.1. The Morgan fingerprint density at radius 2 is 2.04 bits per heavy atom. The number of nitrogens with one attached hydrogen (secondary N) is 1. The number of aryl methyl sites for hydroxylation is 1. The van der Waals surface area contributed by atoms with E-state index in [-0.39, 0.29) is 0 Å². The first-order valence-electron chi connectivity index (χ1n) is 8.52. The van der Waals surface area contributed by atoms with Gasteiger partial charge < -0.3 is 5.32 Å². The third-order valence-corrected chi connectivity index (χ3v) is 4.05. The molecule has 0 unspecified atom stereocenters. The lowest BCUT2D eigenvalue weighted by molar-refractivity contribution is -0.104. The fraction of sp³-hybridized carbons (Fsp3) is 0.136. The van der Waals surface area contributed by atoms with Crippen LogP contribution in [0.2, 0.25) is 0 Å². The normalized spacial score (nSPS) is 12.6. The first kappa shape index (κ1) is 19.8. The maximum atomic E-state index is 11.1. The van der Waals surface area contributed by atoms with E-state index < -0.39 is 0 Å². The molecule has 1 aromatic heterocycles. The van der Waals surface area contributed by atoms with Crippen molar-refractivity contribution in [3.8, 4) is 0 Å². The van der Waals surface area contributed by atoms with Crippen LogP contribution >= 0.6 is 0 Å². The number of carbonyl (C=O) groups is 2. The Hall–Kier alpha value is -3.47. The second kappa shape index (κ2) is 9.29. The Balaban J connectivity index is 2.44. The van der Waals surface area contributed by atoms with E-state index in [0.29, 0.717) is 23.4 Å². The average molecular weight is 361 g/mol. The van der Waals surface area contributed by atoms with Crippen LogP contribution in [0.25, 0.3) is 11.3 Å². The van der Waals surface area contributed by atoms with Gasteiger partial charge in [-0.25, -0.2) is 0 Å².